The summed E-state index contributed by atoms with van der Waals surface area (Å²) in [6.45, 7) is 6.65. The highest BCUT2D eigenvalue weighted by molar-refractivity contribution is 6.09. The van der Waals surface area contributed by atoms with Crippen molar-refractivity contribution in [3.63, 3.8) is 0 Å². The van der Waals surface area contributed by atoms with Gasteiger partial charge in [-0.3, -0.25) is 0 Å². The summed E-state index contributed by atoms with van der Waals surface area (Å²) in [6.07, 6.45) is 0. The monoisotopic (exact) mass is 642 g/mol. The lowest BCUT2D eigenvalue weighted by molar-refractivity contribution is 0.585. The van der Waals surface area contributed by atoms with Gasteiger partial charge in [0.05, 0.1) is 11.0 Å². The van der Waals surface area contributed by atoms with Crippen LogP contribution in [0.25, 0.3) is 72.8 Å². The molecule has 0 unspecified atom stereocenters. The number of benzene rings is 6. The van der Waals surface area contributed by atoms with E-state index in [1.807, 2.05) is 84.9 Å². The quantitative estimate of drug-likeness (QED) is 0.188. The molecule has 0 saturated heterocycles. The summed E-state index contributed by atoms with van der Waals surface area (Å²) in [4.78, 5) is 14.8. The molecule has 6 heteroatoms. The molecule has 8 aromatic rings. The van der Waals surface area contributed by atoms with Gasteiger partial charge in [0.15, 0.2) is 17.5 Å². The largest absolute Gasteiger partial charge is 0.309 e. The standard InChI is InChI=1S/C43H32F2N4/c1-43(2,3)29-18-23-39-35(24-29)34-16-10-11-17-38(34)49(39)31-20-22-32(33-21-19-30(44)25-37(33)45)36(26-31)42-47-40(27-12-6-4-7-13-27)46-41(48-42)28-14-8-5-9-15-28/h4-26H,1-3H3. The van der Waals surface area contributed by atoms with Crippen molar-refractivity contribution in [3.8, 4) is 51.0 Å². The molecule has 0 amide bonds. The van der Waals surface area contributed by atoms with Crippen molar-refractivity contribution >= 4 is 21.8 Å². The number of aromatic nitrogens is 4. The van der Waals surface area contributed by atoms with Crippen LogP contribution in [-0.2, 0) is 5.41 Å². The third-order valence-corrected chi connectivity index (χ3v) is 8.96. The molecule has 2 aromatic heterocycles. The summed E-state index contributed by atoms with van der Waals surface area (Å²) in [5, 5.41) is 2.29. The Morgan fingerprint density at radius 3 is 1.73 bits per heavy atom. The van der Waals surface area contributed by atoms with Crippen LogP contribution in [0.1, 0.15) is 26.3 Å². The van der Waals surface area contributed by atoms with Gasteiger partial charge in [0, 0.05) is 44.8 Å². The first kappa shape index (κ1) is 30.3. The van der Waals surface area contributed by atoms with Crippen LogP contribution in [0, 0.1) is 11.6 Å². The first-order valence-corrected chi connectivity index (χ1v) is 16.3. The molecule has 0 atom stereocenters. The predicted octanol–water partition coefficient (Wildman–Crippen LogP) is 11.2. The van der Waals surface area contributed by atoms with Crippen molar-refractivity contribution in [1.29, 1.82) is 0 Å². The van der Waals surface area contributed by atoms with Gasteiger partial charge >= 0.3 is 0 Å². The SMILES string of the molecule is CC(C)(C)c1ccc2c(c1)c1ccccc1n2-c1ccc(-c2ccc(F)cc2F)c(-c2nc(-c3ccccc3)nc(-c3ccccc3)n2)c1. The summed E-state index contributed by atoms with van der Waals surface area (Å²) in [6, 6.07) is 43.9. The Labute approximate surface area is 283 Å². The zero-order valence-electron chi connectivity index (χ0n) is 27.3. The minimum absolute atomic E-state index is 0.0168. The fourth-order valence-electron chi connectivity index (χ4n) is 6.45. The molecular weight excluding hydrogens is 610 g/mol. The zero-order chi connectivity index (χ0) is 33.7. The Hall–Kier alpha value is -6.01. The molecule has 8 rings (SSSR count). The number of nitrogens with zero attached hydrogens (tertiary/aromatic N) is 4. The lowest BCUT2D eigenvalue weighted by atomic mass is 9.86. The first-order valence-electron chi connectivity index (χ1n) is 16.3. The van der Waals surface area contributed by atoms with Crippen molar-refractivity contribution in [3.05, 3.63) is 157 Å². The molecule has 0 radical (unpaired) electrons. The Bertz CT molecular complexity index is 2440. The maximum absolute atomic E-state index is 15.5. The van der Waals surface area contributed by atoms with E-state index in [1.54, 1.807) is 0 Å². The number of rotatable bonds is 5. The van der Waals surface area contributed by atoms with E-state index in [2.05, 4.69) is 61.7 Å². The molecule has 0 N–H and O–H groups in total. The molecule has 0 saturated carbocycles. The molecule has 0 bridgehead atoms. The van der Waals surface area contributed by atoms with Gasteiger partial charge in [-0.15, -0.1) is 0 Å². The van der Waals surface area contributed by atoms with Crippen LogP contribution in [0.4, 0.5) is 8.78 Å². The van der Waals surface area contributed by atoms with Crippen LogP contribution in [0.15, 0.2) is 140 Å². The third-order valence-electron chi connectivity index (χ3n) is 8.96. The summed E-state index contributed by atoms with van der Waals surface area (Å²) in [5.74, 6) is 0.0568. The number of para-hydroxylation sites is 1. The van der Waals surface area contributed by atoms with Crippen molar-refractivity contribution in [1.82, 2.24) is 19.5 Å². The summed E-state index contributed by atoms with van der Waals surface area (Å²) < 4.78 is 31.9. The highest BCUT2D eigenvalue weighted by atomic mass is 19.1. The molecule has 6 aromatic carbocycles. The maximum atomic E-state index is 15.5. The van der Waals surface area contributed by atoms with Crippen molar-refractivity contribution in [2.45, 2.75) is 26.2 Å². The second kappa shape index (κ2) is 11.9. The summed E-state index contributed by atoms with van der Waals surface area (Å²) >= 11 is 0. The van der Waals surface area contributed by atoms with Crippen molar-refractivity contribution in [2.75, 3.05) is 0 Å². The predicted molar refractivity (Wildman–Crippen MR) is 195 cm³/mol. The Morgan fingerprint density at radius 1 is 0.490 bits per heavy atom. The van der Waals surface area contributed by atoms with E-state index >= 15 is 4.39 Å². The number of hydrogen-bond acceptors (Lipinski definition) is 3. The van der Waals surface area contributed by atoms with Crippen LogP contribution in [0.3, 0.4) is 0 Å². The second-order valence-electron chi connectivity index (χ2n) is 13.2. The average Bonchev–Trinajstić information content (AvgIpc) is 3.45. The van der Waals surface area contributed by atoms with E-state index < -0.39 is 11.6 Å². The van der Waals surface area contributed by atoms with Gasteiger partial charge in [-0.2, -0.15) is 0 Å². The van der Waals surface area contributed by atoms with Gasteiger partial charge in [0.25, 0.3) is 0 Å². The van der Waals surface area contributed by atoms with Crippen LogP contribution in [-0.4, -0.2) is 19.5 Å². The molecule has 0 spiro atoms. The highest BCUT2D eigenvalue weighted by Crippen LogP contribution is 2.39. The van der Waals surface area contributed by atoms with Crippen LogP contribution in [0.2, 0.25) is 0 Å². The fraction of sp³-hybridized carbons (Fsp3) is 0.0930. The van der Waals surface area contributed by atoms with E-state index in [9.17, 15) is 4.39 Å². The normalized spacial score (nSPS) is 11.8. The van der Waals surface area contributed by atoms with Gasteiger partial charge in [-0.05, 0) is 59.0 Å². The maximum Gasteiger partial charge on any atom is 0.164 e. The first-order chi connectivity index (χ1) is 23.7. The van der Waals surface area contributed by atoms with Crippen LogP contribution in [0.5, 0.6) is 0 Å². The van der Waals surface area contributed by atoms with Crippen molar-refractivity contribution < 1.29 is 8.78 Å². The molecule has 4 nitrogen and oxygen atoms in total. The van der Waals surface area contributed by atoms with E-state index in [0.29, 0.717) is 28.6 Å². The fourth-order valence-corrected chi connectivity index (χ4v) is 6.45. The average molecular weight is 643 g/mol. The summed E-state index contributed by atoms with van der Waals surface area (Å²) in [7, 11) is 0. The minimum Gasteiger partial charge on any atom is -0.309 e. The van der Waals surface area contributed by atoms with Gasteiger partial charge in [-0.1, -0.05) is 112 Å². The van der Waals surface area contributed by atoms with E-state index in [0.717, 1.165) is 44.7 Å². The van der Waals surface area contributed by atoms with Crippen molar-refractivity contribution in [2.24, 2.45) is 0 Å². The van der Waals surface area contributed by atoms with Gasteiger partial charge in [-0.25, -0.2) is 23.7 Å². The number of hydrogen-bond donors (Lipinski definition) is 0. The third kappa shape index (κ3) is 5.55. The Kier molecular flexibility index (Phi) is 7.37. The van der Waals surface area contributed by atoms with E-state index in [4.69, 9.17) is 15.0 Å². The lowest BCUT2D eigenvalue weighted by Crippen LogP contribution is -2.10. The van der Waals surface area contributed by atoms with Crippen LogP contribution < -0.4 is 0 Å². The van der Waals surface area contributed by atoms with Gasteiger partial charge in [0.1, 0.15) is 11.6 Å². The number of fused-ring (bicyclic) bond motifs is 3. The molecule has 0 aliphatic rings. The Morgan fingerprint density at radius 2 is 1.08 bits per heavy atom. The molecule has 0 aliphatic heterocycles. The lowest BCUT2D eigenvalue weighted by Gasteiger charge is -2.19. The second-order valence-corrected chi connectivity index (χ2v) is 13.2. The molecule has 2 heterocycles. The topological polar surface area (TPSA) is 43.6 Å². The molecular formula is C43H32F2N4. The van der Waals surface area contributed by atoms with Gasteiger partial charge < -0.3 is 4.57 Å². The van der Waals surface area contributed by atoms with Crippen LogP contribution >= 0.6 is 0 Å². The zero-order valence-corrected chi connectivity index (χ0v) is 27.3. The Balaban J connectivity index is 1.43. The molecule has 0 fully saturated rings. The number of halogens is 2. The molecule has 49 heavy (non-hydrogen) atoms. The summed E-state index contributed by atoms with van der Waals surface area (Å²) in [5.41, 5.74) is 7.22. The highest BCUT2D eigenvalue weighted by Gasteiger charge is 2.22. The minimum atomic E-state index is -0.666. The van der Waals surface area contributed by atoms with Gasteiger partial charge in [0.2, 0.25) is 0 Å². The molecule has 238 valence electrons. The van der Waals surface area contributed by atoms with E-state index in [-0.39, 0.29) is 11.0 Å². The van der Waals surface area contributed by atoms with E-state index in [1.165, 1.54) is 17.7 Å². The molecule has 0 aliphatic carbocycles. The smallest absolute Gasteiger partial charge is 0.164 e.